The average Bonchev–Trinajstić information content (AvgIpc) is 2.55. The molecule has 0 spiro atoms. The normalized spacial score (nSPS) is 16.8. The molecule has 5 nitrogen and oxygen atoms in total. The topological polar surface area (TPSA) is 81.4 Å². The summed E-state index contributed by atoms with van der Waals surface area (Å²) in [6.45, 7) is 0. The first-order valence-electron chi connectivity index (χ1n) is 7.84. The molecule has 1 atom stereocenters. The minimum atomic E-state index is -0.585. The summed E-state index contributed by atoms with van der Waals surface area (Å²) in [6.07, 6.45) is 6.54. The van der Waals surface area contributed by atoms with Crippen LogP contribution in [0.3, 0.4) is 0 Å². The van der Waals surface area contributed by atoms with E-state index in [4.69, 9.17) is 10.5 Å². The van der Waals surface area contributed by atoms with Gasteiger partial charge in [-0.25, -0.2) is 4.79 Å². The standard InChI is InChI=1S/C17H24N2O3/c1-22-17(21)15(11-12-5-3-2-4-6-12)19-16(20)13-7-9-14(18)10-8-13/h7-10,12,15H,2-6,11,18H2,1H3,(H,19,20)/t15-/m1/s1. The van der Waals surface area contributed by atoms with Crippen molar-refractivity contribution in [3.63, 3.8) is 0 Å². The van der Waals surface area contributed by atoms with Crippen LogP contribution in [0.4, 0.5) is 5.69 Å². The largest absolute Gasteiger partial charge is 0.467 e. The first-order valence-corrected chi connectivity index (χ1v) is 7.84. The van der Waals surface area contributed by atoms with Gasteiger partial charge in [0, 0.05) is 11.3 Å². The lowest BCUT2D eigenvalue weighted by Gasteiger charge is -2.25. The van der Waals surface area contributed by atoms with Crippen LogP contribution in [0, 0.1) is 5.92 Å². The number of carbonyl (C=O) groups is 2. The molecule has 0 aliphatic heterocycles. The number of hydrogen-bond donors (Lipinski definition) is 2. The molecule has 1 fully saturated rings. The molecular formula is C17H24N2O3. The smallest absolute Gasteiger partial charge is 0.328 e. The fourth-order valence-corrected chi connectivity index (χ4v) is 2.99. The molecule has 1 aromatic rings. The third-order valence-corrected chi connectivity index (χ3v) is 4.26. The minimum absolute atomic E-state index is 0.272. The summed E-state index contributed by atoms with van der Waals surface area (Å²) in [5.41, 5.74) is 6.71. The molecule has 22 heavy (non-hydrogen) atoms. The van der Waals surface area contributed by atoms with Gasteiger partial charge in [0.2, 0.25) is 0 Å². The second kappa shape index (κ2) is 7.82. The van der Waals surface area contributed by atoms with Gasteiger partial charge in [-0.1, -0.05) is 32.1 Å². The Morgan fingerprint density at radius 3 is 2.45 bits per heavy atom. The maximum Gasteiger partial charge on any atom is 0.328 e. The van der Waals surface area contributed by atoms with Gasteiger partial charge in [0.25, 0.3) is 5.91 Å². The van der Waals surface area contributed by atoms with Crippen molar-refractivity contribution in [3.05, 3.63) is 29.8 Å². The lowest BCUT2D eigenvalue weighted by molar-refractivity contribution is -0.143. The van der Waals surface area contributed by atoms with Crippen molar-refractivity contribution in [2.24, 2.45) is 5.92 Å². The minimum Gasteiger partial charge on any atom is -0.467 e. The number of methoxy groups -OCH3 is 1. The van der Waals surface area contributed by atoms with Crippen LogP contribution in [-0.2, 0) is 9.53 Å². The summed E-state index contributed by atoms with van der Waals surface area (Å²) < 4.78 is 4.84. The van der Waals surface area contributed by atoms with Gasteiger partial charge in [-0.3, -0.25) is 4.79 Å². The van der Waals surface area contributed by atoms with Gasteiger partial charge in [0.05, 0.1) is 7.11 Å². The number of esters is 1. The van der Waals surface area contributed by atoms with E-state index in [1.165, 1.54) is 26.4 Å². The van der Waals surface area contributed by atoms with Crippen molar-refractivity contribution in [2.75, 3.05) is 12.8 Å². The Hall–Kier alpha value is -2.04. The van der Waals surface area contributed by atoms with E-state index in [1.807, 2.05) is 0 Å². The zero-order valence-electron chi connectivity index (χ0n) is 13.0. The molecule has 1 saturated carbocycles. The van der Waals surface area contributed by atoms with Gasteiger partial charge in [0.1, 0.15) is 6.04 Å². The molecule has 0 unspecified atom stereocenters. The monoisotopic (exact) mass is 304 g/mol. The van der Waals surface area contributed by atoms with Crippen LogP contribution in [0.5, 0.6) is 0 Å². The van der Waals surface area contributed by atoms with Gasteiger partial charge in [-0.15, -0.1) is 0 Å². The van der Waals surface area contributed by atoms with Gasteiger partial charge < -0.3 is 15.8 Å². The average molecular weight is 304 g/mol. The Kier molecular flexibility index (Phi) is 5.81. The van der Waals surface area contributed by atoms with Crippen LogP contribution in [-0.4, -0.2) is 25.0 Å². The lowest BCUT2D eigenvalue weighted by atomic mass is 9.85. The highest BCUT2D eigenvalue weighted by Gasteiger charge is 2.26. The van der Waals surface area contributed by atoms with Crippen LogP contribution in [0.1, 0.15) is 48.9 Å². The first-order chi connectivity index (χ1) is 10.6. The molecule has 1 aliphatic rings. The van der Waals surface area contributed by atoms with Crippen LogP contribution in [0.15, 0.2) is 24.3 Å². The highest BCUT2D eigenvalue weighted by Crippen LogP contribution is 2.27. The maximum absolute atomic E-state index is 12.3. The van der Waals surface area contributed by atoms with Gasteiger partial charge in [0.15, 0.2) is 0 Å². The van der Waals surface area contributed by atoms with E-state index < -0.39 is 6.04 Å². The summed E-state index contributed by atoms with van der Waals surface area (Å²) in [6, 6.07) is 6.06. The van der Waals surface area contributed by atoms with E-state index in [0.29, 0.717) is 23.6 Å². The van der Waals surface area contributed by atoms with Crippen molar-refractivity contribution in [1.82, 2.24) is 5.32 Å². The molecule has 0 radical (unpaired) electrons. The van der Waals surface area contributed by atoms with Crippen molar-refractivity contribution in [3.8, 4) is 0 Å². The second-order valence-electron chi connectivity index (χ2n) is 5.91. The van der Waals surface area contributed by atoms with E-state index in [9.17, 15) is 9.59 Å². The maximum atomic E-state index is 12.3. The molecule has 0 saturated heterocycles. The zero-order chi connectivity index (χ0) is 15.9. The Labute approximate surface area is 131 Å². The van der Waals surface area contributed by atoms with Crippen LogP contribution in [0.25, 0.3) is 0 Å². The van der Waals surface area contributed by atoms with Gasteiger partial charge in [-0.2, -0.15) is 0 Å². The Morgan fingerprint density at radius 1 is 1.23 bits per heavy atom. The van der Waals surface area contributed by atoms with Crippen LogP contribution < -0.4 is 11.1 Å². The Morgan fingerprint density at radius 2 is 1.86 bits per heavy atom. The number of ether oxygens (including phenoxy) is 1. The number of nitrogens with two attached hydrogens (primary N) is 1. The predicted molar refractivity (Wildman–Crippen MR) is 85.3 cm³/mol. The third-order valence-electron chi connectivity index (χ3n) is 4.26. The highest BCUT2D eigenvalue weighted by molar-refractivity contribution is 5.97. The molecule has 2 rings (SSSR count). The predicted octanol–water partition coefficient (Wildman–Crippen LogP) is 2.51. The Bertz CT molecular complexity index is 507. The first kappa shape index (κ1) is 16.3. The molecule has 120 valence electrons. The van der Waals surface area contributed by atoms with Crippen molar-refractivity contribution in [2.45, 2.75) is 44.6 Å². The van der Waals surface area contributed by atoms with E-state index in [0.717, 1.165) is 12.8 Å². The molecule has 1 aromatic carbocycles. The molecule has 3 N–H and O–H groups in total. The van der Waals surface area contributed by atoms with E-state index in [2.05, 4.69) is 5.32 Å². The molecule has 0 heterocycles. The Balaban J connectivity index is 2.00. The number of hydrogen-bond acceptors (Lipinski definition) is 4. The number of carbonyl (C=O) groups excluding carboxylic acids is 2. The molecular weight excluding hydrogens is 280 g/mol. The van der Waals surface area contributed by atoms with Gasteiger partial charge in [-0.05, 0) is 36.6 Å². The summed E-state index contributed by atoms with van der Waals surface area (Å²) in [7, 11) is 1.35. The quantitative estimate of drug-likeness (QED) is 0.647. The summed E-state index contributed by atoms with van der Waals surface area (Å²) >= 11 is 0. The zero-order valence-corrected chi connectivity index (χ0v) is 13.0. The number of amides is 1. The van der Waals surface area contributed by atoms with Crippen molar-refractivity contribution in [1.29, 1.82) is 0 Å². The number of rotatable bonds is 5. The van der Waals surface area contributed by atoms with Crippen molar-refractivity contribution >= 4 is 17.6 Å². The van der Waals surface area contributed by atoms with E-state index in [-0.39, 0.29) is 11.9 Å². The van der Waals surface area contributed by atoms with Crippen LogP contribution >= 0.6 is 0 Å². The molecule has 1 aliphatic carbocycles. The number of anilines is 1. The van der Waals surface area contributed by atoms with E-state index >= 15 is 0 Å². The fraction of sp³-hybridized carbons (Fsp3) is 0.529. The molecule has 1 amide bonds. The molecule has 0 bridgehead atoms. The van der Waals surface area contributed by atoms with Crippen molar-refractivity contribution < 1.29 is 14.3 Å². The fourth-order valence-electron chi connectivity index (χ4n) is 2.99. The second-order valence-corrected chi connectivity index (χ2v) is 5.91. The summed E-state index contributed by atoms with van der Waals surface area (Å²) in [4.78, 5) is 24.2. The highest BCUT2D eigenvalue weighted by atomic mass is 16.5. The molecule has 0 aromatic heterocycles. The summed E-state index contributed by atoms with van der Waals surface area (Å²) in [5, 5.41) is 2.80. The number of benzene rings is 1. The van der Waals surface area contributed by atoms with Gasteiger partial charge >= 0.3 is 5.97 Å². The van der Waals surface area contributed by atoms with Crippen LogP contribution in [0.2, 0.25) is 0 Å². The summed E-state index contributed by atoms with van der Waals surface area (Å²) in [5.74, 6) is -0.176. The van der Waals surface area contributed by atoms with E-state index in [1.54, 1.807) is 24.3 Å². The lowest BCUT2D eigenvalue weighted by Crippen LogP contribution is -2.43. The SMILES string of the molecule is COC(=O)[C@@H](CC1CCCCC1)NC(=O)c1ccc(N)cc1. The number of nitrogens with one attached hydrogen (secondary N) is 1. The number of nitrogen functional groups attached to an aromatic ring is 1. The molecule has 5 heteroatoms. The third kappa shape index (κ3) is 4.48.